The standard InChI is InChI=1S/C19H26N2O4/c1-13-12-25-14(2)9-21(13)19(23)16-8-18(22)20(11-16)10-15-4-6-17(24-3)7-5-15/h4-7,13-14,16H,8-12H2,1-3H3/t13-,14-,16-/m1/s1. The quantitative estimate of drug-likeness (QED) is 0.832. The zero-order valence-electron chi connectivity index (χ0n) is 15.1. The first-order valence-electron chi connectivity index (χ1n) is 8.80. The third-order valence-corrected chi connectivity index (χ3v) is 4.99. The maximum absolute atomic E-state index is 12.9. The first kappa shape index (κ1) is 17.7. The fourth-order valence-electron chi connectivity index (χ4n) is 3.49. The highest BCUT2D eigenvalue weighted by Crippen LogP contribution is 2.25. The molecule has 0 N–H and O–H groups in total. The number of carbonyl (C=O) groups excluding carboxylic acids is 2. The van der Waals surface area contributed by atoms with E-state index in [9.17, 15) is 9.59 Å². The summed E-state index contributed by atoms with van der Waals surface area (Å²) in [7, 11) is 1.63. The van der Waals surface area contributed by atoms with E-state index in [0.29, 0.717) is 32.7 Å². The van der Waals surface area contributed by atoms with Crippen molar-refractivity contribution in [2.75, 3.05) is 26.8 Å². The fraction of sp³-hybridized carbons (Fsp3) is 0.579. The number of morpholine rings is 1. The van der Waals surface area contributed by atoms with Crippen LogP contribution < -0.4 is 4.74 Å². The molecular formula is C19H26N2O4. The third-order valence-electron chi connectivity index (χ3n) is 4.99. The molecule has 2 saturated heterocycles. The maximum Gasteiger partial charge on any atom is 0.228 e. The average molecular weight is 346 g/mol. The minimum atomic E-state index is -0.251. The van der Waals surface area contributed by atoms with Crippen LogP contribution in [-0.4, -0.2) is 60.6 Å². The molecule has 6 heteroatoms. The molecule has 1 aromatic rings. The van der Waals surface area contributed by atoms with Gasteiger partial charge < -0.3 is 19.3 Å². The first-order valence-corrected chi connectivity index (χ1v) is 8.80. The Kier molecular flexibility index (Phi) is 5.27. The number of benzene rings is 1. The molecule has 0 bridgehead atoms. The molecule has 2 aliphatic rings. The van der Waals surface area contributed by atoms with Gasteiger partial charge >= 0.3 is 0 Å². The van der Waals surface area contributed by atoms with Crippen LogP contribution in [0.3, 0.4) is 0 Å². The number of hydrogen-bond acceptors (Lipinski definition) is 4. The smallest absolute Gasteiger partial charge is 0.228 e. The van der Waals surface area contributed by atoms with E-state index in [1.54, 1.807) is 12.0 Å². The number of carbonyl (C=O) groups is 2. The average Bonchev–Trinajstić information content (AvgIpc) is 2.98. The van der Waals surface area contributed by atoms with E-state index in [1.165, 1.54) is 0 Å². The zero-order valence-corrected chi connectivity index (χ0v) is 15.1. The van der Waals surface area contributed by atoms with Crippen LogP contribution in [0, 0.1) is 5.92 Å². The molecule has 2 amide bonds. The van der Waals surface area contributed by atoms with E-state index < -0.39 is 0 Å². The molecule has 0 spiro atoms. The van der Waals surface area contributed by atoms with E-state index in [1.807, 2.05) is 43.0 Å². The highest BCUT2D eigenvalue weighted by atomic mass is 16.5. The summed E-state index contributed by atoms with van der Waals surface area (Å²) in [6, 6.07) is 7.74. The van der Waals surface area contributed by atoms with Crippen molar-refractivity contribution in [3.8, 4) is 5.75 Å². The molecule has 0 unspecified atom stereocenters. The van der Waals surface area contributed by atoms with E-state index in [2.05, 4.69) is 0 Å². The lowest BCUT2D eigenvalue weighted by Gasteiger charge is -2.38. The Bertz CT molecular complexity index is 631. The monoisotopic (exact) mass is 346 g/mol. The SMILES string of the molecule is COc1ccc(CN2C[C@H](C(=O)N3C[C@@H](C)OC[C@H]3C)CC2=O)cc1. The van der Waals surface area contributed by atoms with Crippen LogP contribution in [0.25, 0.3) is 0 Å². The Hall–Kier alpha value is -2.08. The number of rotatable bonds is 4. The topological polar surface area (TPSA) is 59.1 Å². The predicted molar refractivity (Wildman–Crippen MR) is 93.1 cm³/mol. The van der Waals surface area contributed by atoms with Crippen molar-refractivity contribution in [2.24, 2.45) is 5.92 Å². The molecule has 2 fully saturated rings. The van der Waals surface area contributed by atoms with Crippen LogP contribution in [0.15, 0.2) is 24.3 Å². The molecule has 0 radical (unpaired) electrons. The summed E-state index contributed by atoms with van der Waals surface area (Å²) >= 11 is 0. The van der Waals surface area contributed by atoms with Gasteiger partial charge in [-0.15, -0.1) is 0 Å². The lowest BCUT2D eigenvalue weighted by molar-refractivity contribution is -0.147. The Morgan fingerprint density at radius 3 is 2.64 bits per heavy atom. The minimum absolute atomic E-state index is 0.0446. The van der Waals surface area contributed by atoms with Gasteiger partial charge in [0.25, 0.3) is 0 Å². The van der Waals surface area contributed by atoms with Crippen molar-refractivity contribution in [3.63, 3.8) is 0 Å². The van der Waals surface area contributed by atoms with E-state index in [-0.39, 0.29) is 29.9 Å². The van der Waals surface area contributed by atoms with E-state index in [0.717, 1.165) is 11.3 Å². The van der Waals surface area contributed by atoms with Crippen LogP contribution in [0.1, 0.15) is 25.8 Å². The molecule has 0 aromatic heterocycles. The number of nitrogens with zero attached hydrogens (tertiary/aromatic N) is 2. The van der Waals surface area contributed by atoms with Gasteiger partial charge in [-0.3, -0.25) is 9.59 Å². The van der Waals surface area contributed by atoms with Crippen molar-refractivity contribution < 1.29 is 19.1 Å². The van der Waals surface area contributed by atoms with Crippen LogP contribution >= 0.6 is 0 Å². The van der Waals surface area contributed by atoms with Gasteiger partial charge in [0.1, 0.15) is 5.75 Å². The second kappa shape index (κ2) is 7.44. The Morgan fingerprint density at radius 1 is 1.24 bits per heavy atom. The number of ether oxygens (including phenoxy) is 2. The zero-order chi connectivity index (χ0) is 18.0. The second-order valence-electron chi connectivity index (χ2n) is 7.01. The highest BCUT2D eigenvalue weighted by molar-refractivity contribution is 5.89. The largest absolute Gasteiger partial charge is 0.497 e. The van der Waals surface area contributed by atoms with Gasteiger partial charge in [-0.2, -0.15) is 0 Å². The number of methoxy groups -OCH3 is 1. The molecule has 2 heterocycles. The minimum Gasteiger partial charge on any atom is -0.497 e. The van der Waals surface area contributed by atoms with Gasteiger partial charge in [0, 0.05) is 26.1 Å². The van der Waals surface area contributed by atoms with Gasteiger partial charge in [0.05, 0.1) is 31.8 Å². The van der Waals surface area contributed by atoms with Crippen molar-refractivity contribution in [3.05, 3.63) is 29.8 Å². The Labute approximate surface area is 148 Å². The lowest BCUT2D eigenvalue weighted by Crippen LogP contribution is -2.52. The molecule has 0 saturated carbocycles. The molecule has 136 valence electrons. The number of hydrogen-bond donors (Lipinski definition) is 0. The van der Waals surface area contributed by atoms with Crippen LogP contribution in [-0.2, 0) is 20.9 Å². The third kappa shape index (κ3) is 3.95. The van der Waals surface area contributed by atoms with Gasteiger partial charge in [-0.1, -0.05) is 12.1 Å². The molecule has 2 aliphatic heterocycles. The summed E-state index contributed by atoms with van der Waals surface area (Å²) in [5, 5.41) is 0. The second-order valence-corrected chi connectivity index (χ2v) is 7.01. The molecule has 3 rings (SSSR count). The van der Waals surface area contributed by atoms with Crippen molar-refractivity contribution >= 4 is 11.8 Å². The predicted octanol–water partition coefficient (Wildman–Crippen LogP) is 1.68. The maximum atomic E-state index is 12.9. The fourth-order valence-corrected chi connectivity index (χ4v) is 3.49. The Morgan fingerprint density at radius 2 is 1.96 bits per heavy atom. The summed E-state index contributed by atoms with van der Waals surface area (Å²) in [6.07, 6.45) is 0.348. The first-order chi connectivity index (χ1) is 12.0. The van der Waals surface area contributed by atoms with Crippen molar-refractivity contribution in [2.45, 2.75) is 39.0 Å². The van der Waals surface area contributed by atoms with E-state index >= 15 is 0 Å². The van der Waals surface area contributed by atoms with Crippen molar-refractivity contribution in [1.29, 1.82) is 0 Å². The molecular weight excluding hydrogens is 320 g/mol. The number of amides is 2. The van der Waals surface area contributed by atoms with Crippen LogP contribution in [0.2, 0.25) is 0 Å². The molecule has 3 atom stereocenters. The van der Waals surface area contributed by atoms with Crippen LogP contribution in [0.4, 0.5) is 0 Å². The molecule has 0 aliphatic carbocycles. The van der Waals surface area contributed by atoms with Crippen LogP contribution in [0.5, 0.6) is 5.75 Å². The summed E-state index contributed by atoms with van der Waals surface area (Å²) in [5.41, 5.74) is 1.04. The summed E-state index contributed by atoms with van der Waals surface area (Å²) in [6.45, 7) is 6.15. The normalized spacial score (nSPS) is 26.8. The molecule has 6 nitrogen and oxygen atoms in total. The summed E-state index contributed by atoms with van der Waals surface area (Å²) in [5.74, 6) is 0.662. The van der Waals surface area contributed by atoms with Gasteiger partial charge in [0.15, 0.2) is 0 Å². The molecule has 1 aromatic carbocycles. The van der Waals surface area contributed by atoms with Gasteiger partial charge in [-0.25, -0.2) is 0 Å². The van der Waals surface area contributed by atoms with E-state index in [4.69, 9.17) is 9.47 Å². The Balaban J connectivity index is 1.62. The number of likely N-dealkylation sites (tertiary alicyclic amines) is 1. The molecule has 25 heavy (non-hydrogen) atoms. The van der Waals surface area contributed by atoms with Crippen molar-refractivity contribution in [1.82, 2.24) is 9.80 Å². The van der Waals surface area contributed by atoms with Gasteiger partial charge in [0.2, 0.25) is 11.8 Å². The van der Waals surface area contributed by atoms with Gasteiger partial charge in [-0.05, 0) is 31.5 Å². The summed E-state index contributed by atoms with van der Waals surface area (Å²) < 4.78 is 10.7. The lowest BCUT2D eigenvalue weighted by atomic mass is 10.0. The highest BCUT2D eigenvalue weighted by Gasteiger charge is 2.39. The summed E-state index contributed by atoms with van der Waals surface area (Å²) in [4.78, 5) is 28.9.